The highest BCUT2D eigenvalue weighted by molar-refractivity contribution is 7.11. The van der Waals surface area contributed by atoms with Crippen molar-refractivity contribution in [3.63, 3.8) is 0 Å². The molecule has 0 aliphatic carbocycles. The number of hydrogen-bond donors (Lipinski definition) is 1. The fourth-order valence-corrected chi connectivity index (χ4v) is 3.54. The van der Waals surface area contributed by atoms with Crippen LogP contribution < -0.4 is 5.32 Å². The van der Waals surface area contributed by atoms with Gasteiger partial charge in [-0.1, -0.05) is 6.92 Å². The van der Waals surface area contributed by atoms with E-state index in [9.17, 15) is 0 Å². The summed E-state index contributed by atoms with van der Waals surface area (Å²) in [6, 6.07) is 0. The normalized spacial score (nSPS) is 24.1. The average molecular weight is 282 g/mol. The molecule has 3 nitrogen and oxygen atoms in total. The summed E-state index contributed by atoms with van der Waals surface area (Å²) in [5.41, 5.74) is 1.23. The SMILES string of the molecule is CCc1nc(C2(C)CCCO2)sc1CNC(C)(C)C. The second-order valence-electron chi connectivity index (χ2n) is 6.53. The Morgan fingerprint density at radius 2 is 2.16 bits per heavy atom. The van der Waals surface area contributed by atoms with Gasteiger partial charge in [0.2, 0.25) is 0 Å². The molecule has 0 aromatic carbocycles. The molecule has 1 N–H and O–H groups in total. The molecule has 1 aliphatic heterocycles. The van der Waals surface area contributed by atoms with Gasteiger partial charge in [-0.3, -0.25) is 0 Å². The zero-order valence-corrected chi connectivity index (χ0v) is 13.6. The first kappa shape index (κ1) is 14.9. The summed E-state index contributed by atoms with van der Waals surface area (Å²) >= 11 is 1.82. The molecule has 0 radical (unpaired) electrons. The molecule has 1 aromatic rings. The van der Waals surface area contributed by atoms with Gasteiger partial charge in [-0.15, -0.1) is 11.3 Å². The number of hydrogen-bond acceptors (Lipinski definition) is 4. The average Bonchev–Trinajstić information content (AvgIpc) is 2.92. The van der Waals surface area contributed by atoms with Crippen molar-refractivity contribution < 1.29 is 4.74 Å². The van der Waals surface area contributed by atoms with E-state index in [-0.39, 0.29) is 11.1 Å². The Labute approximate surface area is 120 Å². The van der Waals surface area contributed by atoms with Gasteiger partial charge in [-0.05, 0) is 47.0 Å². The van der Waals surface area contributed by atoms with Crippen molar-refractivity contribution in [3.8, 4) is 0 Å². The second-order valence-corrected chi connectivity index (χ2v) is 7.61. The minimum atomic E-state index is -0.144. The monoisotopic (exact) mass is 282 g/mol. The van der Waals surface area contributed by atoms with E-state index >= 15 is 0 Å². The second kappa shape index (κ2) is 5.51. The lowest BCUT2D eigenvalue weighted by Crippen LogP contribution is -2.35. The molecule has 2 rings (SSSR count). The third-order valence-electron chi connectivity index (χ3n) is 3.56. The highest BCUT2D eigenvalue weighted by atomic mass is 32.1. The van der Waals surface area contributed by atoms with Gasteiger partial charge in [0.1, 0.15) is 10.6 Å². The van der Waals surface area contributed by atoms with Gasteiger partial charge in [0, 0.05) is 23.6 Å². The van der Waals surface area contributed by atoms with Crippen molar-refractivity contribution in [1.29, 1.82) is 0 Å². The Kier molecular flexibility index (Phi) is 4.33. The minimum Gasteiger partial charge on any atom is -0.368 e. The van der Waals surface area contributed by atoms with E-state index in [0.717, 1.165) is 37.4 Å². The van der Waals surface area contributed by atoms with Crippen molar-refractivity contribution in [2.75, 3.05) is 6.61 Å². The molecule has 19 heavy (non-hydrogen) atoms. The predicted octanol–water partition coefficient (Wildman–Crippen LogP) is 3.62. The van der Waals surface area contributed by atoms with Crippen LogP contribution in [0.4, 0.5) is 0 Å². The zero-order chi connectivity index (χ0) is 14.1. The Bertz CT molecular complexity index is 428. The van der Waals surface area contributed by atoms with Crippen molar-refractivity contribution >= 4 is 11.3 Å². The first-order chi connectivity index (χ1) is 8.84. The summed E-state index contributed by atoms with van der Waals surface area (Å²) in [6.45, 7) is 12.7. The van der Waals surface area contributed by atoms with Crippen LogP contribution in [-0.4, -0.2) is 17.1 Å². The third-order valence-corrected chi connectivity index (χ3v) is 4.91. The summed E-state index contributed by atoms with van der Waals surface area (Å²) in [5.74, 6) is 0. The predicted molar refractivity (Wildman–Crippen MR) is 80.6 cm³/mol. The van der Waals surface area contributed by atoms with E-state index in [4.69, 9.17) is 9.72 Å². The lowest BCUT2D eigenvalue weighted by molar-refractivity contribution is 0.0165. The fourth-order valence-electron chi connectivity index (χ4n) is 2.32. The Morgan fingerprint density at radius 3 is 2.68 bits per heavy atom. The van der Waals surface area contributed by atoms with E-state index in [2.05, 4.69) is 39.9 Å². The molecule has 1 atom stereocenters. The summed E-state index contributed by atoms with van der Waals surface area (Å²) in [4.78, 5) is 6.20. The highest BCUT2D eigenvalue weighted by Gasteiger charge is 2.35. The van der Waals surface area contributed by atoms with Crippen LogP contribution in [0.25, 0.3) is 0 Å². The van der Waals surface area contributed by atoms with E-state index < -0.39 is 0 Å². The van der Waals surface area contributed by atoms with Gasteiger partial charge in [0.05, 0.1) is 5.69 Å². The van der Waals surface area contributed by atoms with E-state index in [0.29, 0.717) is 0 Å². The lowest BCUT2D eigenvalue weighted by Gasteiger charge is -2.20. The lowest BCUT2D eigenvalue weighted by atomic mass is 10.0. The molecule has 4 heteroatoms. The van der Waals surface area contributed by atoms with Crippen molar-refractivity contribution in [2.24, 2.45) is 0 Å². The summed E-state index contributed by atoms with van der Waals surface area (Å²) in [5, 5.41) is 4.72. The maximum atomic E-state index is 5.91. The molecule has 0 bridgehead atoms. The maximum absolute atomic E-state index is 5.91. The molecule has 2 heterocycles. The molecular weight excluding hydrogens is 256 g/mol. The summed E-state index contributed by atoms with van der Waals surface area (Å²) in [7, 11) is 0. The maximum Gasteiger partial charge on any atom is 0.125 e. The molecule has 0 spiro atoms. The van der Waals surface area contributed by atoms with Crippen LogP contribution in [0.2, 0.25) is 0 Å². The molecule has 1 aliphatic rings. The summed E-state index contributed by atoms with van der Waals surface area (Å²) < 4.78 is 5.91. The number of nitrogens with one attached hydrogen (secondary N) is 1. The minimum absolute atomic E-state index is 0.142. The zero-order valence-electron chi connectivity index (χ0n) is 12.8. The number of aryl methyl sites for hydroxylation is 1. The number of aromatic nitrogens is 1. The smallest absolute Gasteiger partial charge is 0.125 e. The third kappa shape index (κ3) is 3.56. The van der Waals surface area contributed by atoms with Crippen LogP contribution in [0.15, 0.2) is 0 Å². The van der Waals surface area contributed by atoms with Gasteiger partial charge in [-0.25, -0.2) is 4.98 Å². The molecular formula is C15H26N2OS. The van der Waals surface area contributed by atoms with E-state index in [1.54, 1.807) is 0 Å². The molecule has 1 aromatic heterocycles. The highest BCUT2D eigenvalue weighted by Crippen LogP contribution is 2.38. The molecule has 108 valence electrons. The Balaban J connectivity index is 2.17. The van der Waals surface area contributed by atoms with Gasteiger partial charge in [-0.2, -0.15) is 0 Å². The molecule has 1 saturated heterocycles. The van der Waals surface area contributed by atoms with Crippen molar-refractivity contribution in [1.82, 2.24) is 10.3 Å². The van der Waals surface area contributed by atoms with Crippen molar-refractivity contribution in [3.05, 3.63) is 15.6 Å². The van der Waals surface area contributed by atoms with Crippen LogP contribution in [0.5, 0.6) is 0 Å². The number of rotatable bonds is 4. The summed E-state index contributed by atoms with van der Waals surface area (Å²) in [6.07, 6.45) is 3.23. The van der Waals surface area contributed by atoms with Crippen molar-refractivity contribution in [2.45, 2.75) is 71.6 Å². The van der Waals surface area contributed by atoms with E-state index in [1.165, 1.54) is 10.6 Å². The molecule has 1 unspecified atom stereocenters. The largest absolute Gasteiger partial charge is 0.368 e. The molecule has 1 fully saturated rings. The van der Waals surface area contributed by atoms with Gasteiger partial charge >= 0.3 is 0 Å². The van der Waals surface area contributed by atoms with Crippen LogP contribution >= 0.6 is 11.3 Å². The van der Waals surface area contributed by atoms with Crippen LogP contribution in [0, 0.1) is 0 Å². The number of nitrogens with zero attached hydrogens (tertiary/aromatic N) is 1. The topological polar surface area (TPSA) is 34.1 Å². The quantitative estimate of drug-likeness (QED) is 0.916. The first-order valence-corrected chi connectivity index (χ1v) is 8.04. The number of ether oxygens (including phenoxy) is 1. The standard InChI is InChI=1S/C15H26N2OS/c1-6-11-12(10-16-14(2,3)4)19-13(17-11)15(5)8-7-9-18-15/h16H,6-10H2,1-5H3. The van der Waals surface area contributed by atoms with Crippen LogP contribution in [0.3, 0.4) is 0 Å². The molecule has 0 amide bonds. The fraction of sp³-hybridized carbons (Fsp3) is 0.800. The molecule has 0 saturated carbocycles. The Hall–Kier alpha value is -0.450. The van der Waals surface area contributed by atoms with Crippen LogP contribution in [-0.2, 0) is 23.3 Å². The van der Waals surface area contributed by atoms with E-state index in [1.807, 2.05) is 11.3 Å². The first-order valence-electron chi connectivity index (χ1n) is 7.22. The van der Waals surface area contributed by atoms with Crippen LogP contribution in [0.1, 0.15) is 63.0 Å². The van der Waals surface area contributed by atoms with Gasteiger partial charge < -0.3 is 10.1 Å². The van der Waals surface area contributed by atoms with Gasteiger partial charge in [0.25, 0.3) is 0 Å². The Morgan fingerprint density at radius 1 is 1.42 bits per heavy atom. The van der Waals surface area contributed by atoms with Gasteiger partial charge in [0.15, 0.2) is 0 Å². The number of thiazole rings is 1.